The van der Waals surface area contributed by atoms with Crippen LogP contribution in [0.1, 0.15) is 18.5 Å². The van der Waals surface area contributed by atoms with Crippen molar-refractivity contribution in [2.24, 2.45) is 0 Å². The minimum absolute atomic E-state index is 0.00471. The predicted octanol–water partition coefficient (Wildman–Crippen LogP) is 5.43. The molecule has 1 aliphatic rings. The zero-order valence-electron chi connectivity index (χ0n) is 19.3. The second-order valence-electron chi connectivity index (χ2n) is 8.29. The van der Waals surface area contributed by atoms with Crippen LogP contribution in [0.15, 0.2) is 85.1 Å². The third-order valence-corrected chi connectivity index (χ3v) is 5.93. The van der Waals surface area contributed by atoms with Gasteiger partial charge in [-0.25, -0.2) is 19.0 Å². The van der Waals surface area contributed by atoms with Crippen LogP contribution >= 0.6 is 0 Å². The topological polar surface area (TPSA) is 87.0 Å². The minimum Gasteiger partial charge on any atom is -0.454 e. The summed E-state index contributed by atoms with van der Waals surface area (Å²) in [6.07, 6.45) is 1.69. The molecule has 0 bridgehead atoms. The lowest BCUT2D eigenvalue weighted by Crippen LogP contribution is -2.10. The summed E-state index contributed by atoms with van der Waals surface area (Å²) in [6.45, 7) is 2.22. The van der Waals surface area contributed by atoms with Gasteiger partial charge in [0.05, 0.1) is 17.4 Å². The molecule has 1 unspecified atom stereocenters. The highest BCUT2D eigenvalue weighted by Crippen LogP contribution is 2.36. The lowest BCUT2D eigenvalue weighted by atomic mass is 10.1. The monoisotopic (exact) mass is 480 g/mol. The molecule has 0 spiro atoms. The Morgan fingerprint density at radius 1 is 0.944 bits per heavy atom. The maximum absolute atomic E-state index is 13.6. The number of nitrogens with one attached hydrogen (secondary N) is 1. The van der Waals surface area contributed by atoms with E-state index in [0.29, 0.717) is 40.1 Å². The number of fused-ring (bicyclic) bond motifs is 1. The van der Waals surface area contributed by atoms with E-state index in [1.54, 1.807) is 29.1 Å². The average molecular weight is 481 g/mol. The number of nitrogens with zero attached hydrogens (tertiary/aromatic N) is 5. The van der Waals surface area contributed by atoms with Crippen LogP contribution in [0.2, 0.25) is 0 Å². The number of rotatable bonds is 6. The van der Waals surface area contributed by atoms with Crippen LogP contribution < -0.4 is 14.8 Å². The first-order chi connectivity index (χ1) is 17.7. The van der Waals surface area contributed by atoms with Gasteiger partial charge in [0, 0.05) is 17.8 Å². The fourth-order valence-electron chi connectivity index (χ4n) is 4.09. The Balaban J connectivity index is 1.44. The summed E-state index contributed by atoms with van der Waals surface area (Å²) in [7, 11) is 0. The number of ether oxygens (including phenoxy) is 2. The Bertz CT molecular complexity index is 1520. The van der Waals surface area contributed by atoms with Gasteiger partial charge in [0.25, 0.3) is 0 Å². The van der Waals surface area contributed by atoms with Gasteiger partial charge in [0.15, 0.2) is 11.5 Å². The molecule has 1 atom stereocenters. The van der Waals surface area contributed by atoms with E-state index in [1.807, 2.05) is 55.5 Å². The van der Waals surface area contributed by atoms with Crippen molar-refractivity contribution in [1.29, 1.82) is 0 Å². The number of hydrogen-bond donors (Lipinski definition) is 1. The molecule has 1 aliphatic heterocycles. The molecule has 8 nitrogen and oxygen atoms in total. The lowest BCUT2D eigenvalue weighted by molar-refractivity contribution is 0.174. The van der Waals surface area contributed by atoms with Crippen molar-refractivity contribution in [1.82, 2.24) is 25.0 Å². The Hall–Kier alpha value is -4.79. The maximum Gasteiger partial charge on any atom is 0.231 e. The Morgan fingerprint density at radius 2 is 1.75 bits per heavy atom. The van der Waals surface area contributed by atoms with Crippen LogP contribution in [0.4, 0.5) is 10.3 Å². The van der Waals surface area contributed by atoms with Gasteiger partial charge in [-0.3, -0.25) is 0 Å². The Morgan fingerprint density at radius 3 is 2.58 bits per heavy atom. The van der Waals surface area contributed by atoms with Gasteiger partial charge >= 0.3 is 0 Å². The third-order valence-electron chi connectivity index (χ3n) is 5.93. The molecule has 0 saturated heterocycles. The van der Waals surface area contributed by atoms with Crippen LogP contribution in [0.5, 0.6) is 11.5 Å². The van der Waals surface area contributed by atoms with Crippen LogP contribution in [0.3, 0.4) is 0 Å². The second-order valence-corrected chi connectivity index (χ2v) is 8.29. The van der Waals surface area contributed by atoms with Crippen LogP contribution in [-0.2, 0) is 0 Å². The summed E-state index contributed by atoms with van der Waals surface area (Å²) in [5.41, 5.74) is 4.36. The fraction of sp³-hybridized carbons (Fsp3) is 0.111. The molecule has 36 heavy (non-hydrogen) atoms. The molecule has 0 fully saturated rings. The van der Waals surface area contributed by atoms with E-state index in [1.165, 1.54) is 12.1 Å². The molecular weight excluding hydrogens is 459 g/mol. The lowest BCUT2D eigenvalue weighted by Gasteiger charge is -2.15. The molecule has 0 amide bonds. The van der Waals surface area contributed by atoms with E-state index in [-0.39, 0.29) is 18.7 Å². The van der Waals surface area contributed by atoms with Gasteiger partial charge in [-0.05, 0) is 55.0 Å². The standard InChI is InChI=1S/C27H21FN6O2/c1-17(18-5-3-2-4-6-18)30-27-29-14-13-22(31-27)26-25(19-7-9-20(28)10-8-19)32-33-34(26)21-11-12-23-24(15-21)36-16-35-23/h2-15,17H,16H2,1H3,(H,29,30,31). The van der Waals surface area contributed by atoms with E-state index in [9.17, 15) is 4.39 Å². The summed E-state index contributed by atoms with van der Waals surface area (Å²) >= 11 is 0. The summed E-state index contributed by atoms with van der Waals surface area (Å²) in [4.78, 5) is 9.21. The molecule has 2 aromatic heterocycles. The summed E-state index contributed by atoms with van der Waals surface area (Å²) in [5, 5.41) is 12.2. The van der Waals surface area contributed by atoms with Gasteiger partial charge in [-0.2, -0.15) is 0 Å². The number of halogens is 1. The van der Waals surface area contributed by atoms with Crippen molar-refractivity contribution in [2.75, 3.05) is 12.1 Å². The molecule has 0 aliphatic carbocycles. The number of benzene rings is 3. The number of anilines is 1. The molecular formula is C27H21FN6O2. The minimum atomic E-state index is -0.327. The van der Waals surface area contributed by atoms with Crippen molar-refractivity contribution in [3.05, 3.63) is 96.4 Å². The summed E-state index contributed by atoms with van der Waals surface area (Å²) in [5.74, 6) is 1.43. The molecule has 5 aromatic rings. The molecule has 6 rings (SSSR count). The zero-order valence-corrected chi connectivity index (χ0v) is 19.3. The third kappa shape index (κ3) is 4.11. The summed E-state index contributed by atoms with van der Waals surface area (Å²) < 4.78 is 26.3. The zero-order chi connectivity index (χ0) is 24.5. The van der Waals surface area contributed by atoms with Crippen LogP contribution in [0, 0.1) is 5.82 Å². The molecule has 3 aromatic carbocycles. The SMILES string of the molecule is CC(Nc1nccc(-c2c(-c3ccc(F)cc3)nnn2-c2ccc3c(c2)OCO3)n1)c1ccccc1. The Labute approximate surface area is 206 Å². The first kappa shape index (κ1) is 21.7. The largest absolute Gasteiger partial charge is 0.454 e. The fourth-order valence-corrected chi connectivity index (χ4v) is 4.09. The van der Waals surface area contributed by atoms with Gasteiger partial charge in [0.2, 0.25) is 12.7 Å². The van der Waals surface area contributed by atoms with Crippen molar-refractivity contribution in [3.63, 3.8) is 0 Å². The average Bonchev–Trinajstić information content (AvgIpc) is 3.57. The maximum atomic E-state index is 13.6. The predicted molar refractivity (Wildman–Crippen MR) is 132 cm³/mol. The van der Waals surface area contributed by atoms with Crippen molar-refractivity contribution < 1.29 is 13.9 Å². The van der Waals surface area contributed by atoms with Crippen molar-refractivity contribution in [3.8, 4) is 39.8 Å². The Kier molecular flexibility index (Phi) is 5.49. The molecule has 178 valence electrons. The quantitative estimate of drug-likeness (QED) is 0.347. The number of hydrogen-bond acceptors (Lipinski definition) is 7. The van der Waals surface area contributed by atoms with E-state index in [2.05, 4.69) is 20.6 Å². The van der Waals surface area contributed by atoms with E-state index in [0.717, 1.165) is 11.3 Å². The van der Waals surface area contributed by atoms with Gasteiger partial charge in [0.1, 0.15) is 17.2 Å². The first-order valence-electron chi connectivity index (χ1n) is 11.4. The van der Waals surface area contributed by atoms with E-state index >= 15 is 0 Å². The van der Waals surface area contributed by atoms with E-state index < -0.39 is 0 Å². The smallest absolute Gasteiger partial charge is 0.231 e. The van der Waals surface area contributed by atoms with Crippen molar-refractivity contribution in [2.45, 2.75) is 13.0 Å². The highest BCUT2D eigenvalue weighted by atomic mass is 19.1. The highest BCUT2D eigenvalue weighted by Gasteiger charge is 2.22. The van der Waals surface area contributed by atoms with E-state index in [4.69, 9.17) is 14.5 Å². The molecule has 1 N–H and O–H groups in total. The van der Waals surface area contributed by atoms with Crippen molar-refractivity contribution >= 4 is 5.95 Å². The second kappa shape index (κ2) is 9.10. The molecule has 0 radical (unpaired) electrons. The van der Waals surface area contributed by atoms with Gasteiger partial charge < -0.3 is 14.8 Å². The molecule has 9 heteroatoms. The number of aromatic nitrogens is 5. The molecule has 3 heterocycles. The van der Waals surface area contributed by atoms with Gasteiger partial charge in [-0.1, -0.05) is 35.5 Å². The first-order valence-corrected chi connectivity index (χ1v) is 11.4. The highest BCUT2D eigenvalue weighted by molar-refractivity contribution is 5.78. The van der Waals surface area contributed by atoms with Crippen LogP contribution in [0.25, 0.3) is 28.3 Å². The summed E-state index contributed by atoms with van der Waals surface area (Å²) in [6, 6.07) is 23.5. The normalized spacial score (nSPS) is 12.9. The van der Waals surface area contributed by atoms with Crippen LogP contribution in [-0.4, -0.2) is 31.8 Å². The molecule has 0 saturated carbocycles. The van der Waals surface area contributed by atoms with Gasteiger partial charge in [-0.15, -0.1) is 5.10 Å².